The maximum absolute atomic E-state index is 8.52. The topological polar surface area (TPSA) is 695 Å². The maximum Gasteiger partial charge on any atom is 4.00 e. The number of nitrogens with zero attached hydrogens (tertiary/aromatic N) is 4. The third-order valence-electron chi connectivity index (χ3n) is 7.50. The Bertz CT molecular complexity index is 1250. The molecule has 34 nitrogen and oxygen atoms in total. The summed E-state index contributed by atoms with van der Waals surface area (Å²) in [5, 5.41) is 29.3. The first-order chi connectivity index (χ1) is 30.4. The second-order valence-corrected chi connectivity index (χ2v) is 14.8. The molecule has 493 valence electrons. The fourth-order valence-electron chi connectivity index (χ4n) is 3.75. The van der Waals surface area contributed by atoms with Gasteiger partial charge in [-0.15, -0.1) is 0 Å². The maximum atomic E-state index is 8.52. The van der Waals surface area contributed by atoms with Crippen molar-refractivity contribution in [3.8, 4) is 24.3 Å². The van der Waals surface area contributed by atoms with Crippen LogP contribution in [0.1, 0.15) is 132 Å². The summed E-state index contributed by atoms with van der Waals surface area (Å²) < 4.78 is 136. The third kappa shape index (κ3) is 544. The fraction of sp³-hybridized carbons (Fsp3) is 0.895. The number of nitrogens with one attached hydrogen (secondary N) is 5. The molecule has 0 aliphatic rings. The van der Waals surface area contributed by atoms with E-state index in [0.29, 0.717) is 0 Å². The molecule has 0 aromatic carbocycles. The predicted octanol–water partition coefficient (Wildman–Crippen LogP) is -4.66. The van der Waals surface area contributed by atoms with E-state index in [-0.39, 0.29) is 142 Å². The van der Waals surface area contributed by atoms with E-state index in [9.17, 15) is 0 Å². The normalized spacial score (nSPS) is 7.70. The van der Waals surface area contributed by atoms with Crippen molar-refractivity contribution >= 4 is 41.6 Å². The van der Waals surface area contributed by atoms with E-state index < -0.39 is 41.6 Å². The van der Waals surface area contributed by atoms with Gasteiger partial charge >= 0.3 is 74.2 Å². The van der Waals surface area contributed by atoms with Crippen molar-refractivity contribution in [2.24, 2.45) is 0 Å². The van der Waals surface area contributed by atoms with Crippen molar-refractivity contribution in [1.82, 2.24) is 0 Å². The molecule has 0 aliphatic carbocycles. The van der Waals surface area contributed by atoms with Gasteiger partial charge in [0.1, 0.15) is 0 Å². The van der Waals surface area contributed by atoms with Gasteiger partial charge in [0.15, 0.2) is 0 Å². The minimum atomic E-state index is -5.17. The summed E-state index contributed by atoms with van der Waals surface area (Å²) in [5.74, 6) is 0. The van der Waals surface area contributed by atoms with Gasteiger partial charge in [0, 0.05) is 87.8 Å². The van der Waals surface area contributed by atoms with Crippen LogP contribution in [0.3, 0.4) is 0 Å². The Kier molecular flexibility index (Phi) is 326. The molecule has 5 radical (unpaired) electrons. The van der Waals surface area contributed by atoms with Crippen LogP contribution in [0.2, 0.25) is 0 Å². The van der Waals surface area contributed by atoms with Gasteiger partial charge in [0.2, 0.25) is 0 Å². The first-order valence-corrected chi connectivity index (χ1v) is 26.8. The number of hydrogen-bond donors (Lipinski definition) is 5. The van der Waals surface area contributed by atoms with Crippen LogP contribution in [0.15, 0.2) is 0 Å². The average Bonchev–Trinajstić information content (AvgIpc) is 3.18. The molecule has 0 aromatic heterocycles. The van der Waals surface area contributed by atoms with Gasteiger partial charge in [0.05, 0.1) is 122 Å². The molecule has 0 amide bonds. The first-order valence-electron chi connectivity index (χ1n) is 21.5. The molecule has 0 aliphatic heterocycles. The molecule has 0 fully saturated rings. The smallest absolute Gasteiger partial charge is 2.00 e. The van der Waals surface area contributed by atoms with Crippen LogP contribution in [-0.4, -0.2) is 168 Å². The molecule has 0 spiro atoms. The van der Waals surface area contributed by atoms with E-state index in [2.05, 4.69) is 104 Å². The van der Waals surface area contributed by atoms with Gasteiger partial charge in [-0.2, -0.15) is 21.0 Å². The number of hydrogen-bond acceptors (Lipinski definition) is 20. The molecule has 0 atom stereocenters. The summed E-state index contributed by atoms with van der Waals surface area (Å²) in [6.45, 7) is 58.2. The molecule has 0 heterocycles. The van der Waals surface area contributed by atoms with Crippen molar-refractivity contribution in [3.05, 3.63) is 0 Å². The minimum Gasteiger partial charge on any atom is -2.00 e. The zero-order valence-corrected chi connectivity index (χ0v) is 60.2. The van der Waals surface area contributed by atoms with Crippen molar-refractivity contribution in [3.63, 3.8) is 0 Å². The van der Waals surface area contributed by atoms with Gasteiger partial charge in [-0.1, -0.05) is 0 Å². The molecular formula is C38H92N9O25S4V5-5. The van der Waals surface area contributed by atoms with E-state index in [1.54, 1.807) is 48.8 Å². The van der Waals surface area contributed by atoms with Crippen LogP contribution in [0.4, 0.5) is 0 Å². The molecule has 0 rings (SSSR count). The van der Waals surface area contributed by atoms with Gasteiger partial charge in [0.25, 0.3) is 0 Å². The zero-order valence-electron chi connectivity index (χ0n) is 50.0. The second kappa shape index (κ2) is 148. The average molecular weight is 1460 g/mol. The van der Waals surface area contributed by atoms with Gasteiger partial charge < -0.3 is 110 Å². The van der Waals surface area contributed by atoms with Gasteiger partial charge in [-0.05, 0) is 104 Å². The van der Waals surface area contributed by atoms with Crippen LogP contribution in [0.5, 0.6) is 0 Å². The van der Waals surface area contributed by atoms with Crippen LogP contribution in [0.25, 0.3) is 0 Å². The van der Waals surface area contributed by atoms with E-state index >= 15 is 0 Å². The molecule has 81 heavy (non-hydrogen) atoms. The van der Waals surface area contributed by atoms with Crippen LogP contribution in [0, 0.1) is 45.3 Å². The predicted molar refractivity (Wildman–Crippen MR) is 256 cm³/mol. The van der Waals surface area contributed by atoms with E-state index in [0.717, 1.165) is 0 Å². The van der Waals surface area contributed by atoms with E-state index in [1.807, 2.05) is 0 Å². The Labute approximate surface area is 549 Å². The van der Waals surface area contributed by atoms with Gasteiger partial charge in [-0.25, -0.2) is 0 Å². The molecule has 0 saturated heterocycles. The molecule has 0 bridgehead atoms. The molecule has 0 saturated carbocycles. The molecule has 43 heteroatoms. The summed E-state index contributed by atoms with van der Waals surface area (Å²) in [6, 6.07) is 7.00. The molecular weight excluding hydrogens is 1370 g/mol. The van der Waals surface area contributed by atoms with E-state index in [1.165, 1.54) is 126 Å². The minimum absolute atomic E-state index is 0. The van der Waals surface area contributed by atoms with Crippen molar-refractivity contribution in [2.75, 3.05) is 98.2 Å². The molecule has 5 N–H and O–H groups in total. The zero-order chi connectivity index (χ0) is 57.3. The van der Waals surface area contributed by atoms with Crippen molar-refractivity contribution < 1.29 is 237 Å². The standard InChI is InChI=1S/5C6H15N.4C2H3N.4H2O4S.9O.5V/c5*1-4-7(5-2)6-3;4*1-2-3;4*1-5(2,3)4;;;;;;;;;;;;;;/h5*4-6H2,1-3H3;4*1H3;4*(H2,1,2,3,4);;;;;;;;;;;;;;/q;;;;;;;;;;;;;9*-2;;4*+4/p-3. The van der Waals surface area contributed by atoms with Gasteiger partial charge in [-0.3, -0.25) is 33.7 Å². The summed E-state index contributed by atoms with van der Waals surface area (Å²) in [7, 11) is -20.7. The Morgan fingerprint density at radius 2 is 0.272 bits per heavy atom. The summed E-state index contributed by atoms with van der Waals surface area (Å²) >= 11 is 0. The number of nitriles is 4. The summed E-state index contributed by atoms with van der Waals surface area (Å²) in [5.41, 5.74) is 0. The second-order valence-electron chi connectivity index (χ2n) is 11.6. The van der Waals surface area contributed by atoms with Crippen LogP contribution in [-0.2, 0) is 184 Å². The van der Waals surface area contributed by atoms with Crippen LogP contribution >= 0.6 is 0 Å². The third-order valence-corrected chi connectivity index (χ3v) is 7.50. The van der Waals surface area contributed by atoms with Crippen LogP contribution < -0.4 is 24.5 Å². The number of rotatable bonds is 15. The summed E-state index contributed by atoms with van der Waals surface area (Å²) in [6.07, 6.45) is 0. The Morgan fingerprint density at radius 3 is 0.272 bits per heavy atom. The van der Waals surface area contributed by atoms with E-state index in [4.69, 9.17) is 91.1 Å². The first kappa shape index (κ1) is 178. The largest absolute Gasteiger partial charge is 4.00 e. The Morgan fingerprint density at radius 1 is 0.247 bits per heavy atom. The molecule has 0 unspecified atom stereocenters. The van der Waals surface area contributed by atoms with Crippen molar-refractivity contribution in [1.29, 1.82) is 21.0 Å². The quantitative estimate of drug-likeness (QED) is 0.0760. The Hall–Kier alpha value is -0.198. The molecule has 0 aromatic rings. The fourth-order valence-corrected chi connectivity index (χ4v) is 3.75. The monoisotopic (exact) mass is 1460 g/mol. The summed E-state index contributed by atoms with van der Waals surface area (Å²) in [4.78, 5) is 8.40. The van der Waals surface area contributed by atoms with Crippen molar-refractivity contribution in [2.45, 2.75) is 132 Å². The Balaban J connectivity index is -0.0000000155. The number of quaternary nitrogens is 5. The SMILES string of the molecule is CC#N.CC#N.CC#N.CC#N.CC[NH+](CC)CC.CC[NH+](CC)CC.CC[NH+](CC)CC.CC[NH+](CC)CC.CC[NH+](CC)CC.O=S(=O)([O-])[O-].O=S(=O)([O-])[O-].O=S(=O)([O-])[O-].O=S(=O)([O-])[O-].[O-2].[O-2].[O-2].[O-2].[O-2].[O-2].[O-2].[O-2].[O-2].[V+4].[V+4].[V+4].[V+4].[V].